The second-order valence-corrected chi connectivity index (χ2v) is 27.1. The second kappa shape index (κ2) is 54.3. The molecular weight excluding hydrogens is 1160 g/mol. The molecule has 0 aliphatic carbocycles. The van der Waals surface area contributed by atoms with Gasteiger partial charge in [-0.05, 0) is 105 Å². The summed E-state index contributed by atoms with van der Waals surface area (Å²) in [6, 6.07) is 20.4. The molecule has 0 radical (unpaired) electrons. The number of aromatic hydroxyl groups is 2. The third-order valence-electron chi connectivity index (χ3n) is 18.6. The Labute approximate surface area is 575 Å². The molecule has 0 fully saturated rings. The van der Waals surface area contributed by atoms with Gasteiger partial charge in [0.05, 0.1) is 43.4 Å². The maximum atomic E-state index is 11.5. The Morgan fingerprint density at radius 1 is 0.362 bits per heavy atom. The smallest absolute Gasteiger partial charge is 0.163 e. The summed E-state index contributed by atoms with van der Waals surface area (Å²) in [4.78, 5) is 10.1. The van der Waals surface area contributed by atoms with Crippen molar-refractivity contribution < 1.29 is 29.2 Å². The van der Waals surface area contributed by atoms with Crippen LogP contribution in [0.2, 0.25) is 0 Å². The Kier molecular flexibility index (Phi) is 46.5. The van der Waals surface area contributed by atoms with Crippen molar-refractivity contribution in [1.29, 1.82) is 0 Å². The Morgan fingerprint density at radius 2 is 0.766 bits per heavy atom. The average molecular weight is 1290 g/mol. The van der Waals surface area contributed by atoms with E-state index in [-0.39, 0.29) is 11.5 Å². The number of hydrogen-bond donors (Lipinski definition) is 2. The van der Waals surface area contributed by atoms with Crippen molar-refractivity contribution in [2.75, 3.05) is 26.4 Å². The van der Waals surface area contributed by atoms with Crippen molar-refractivity contribution in [1.82, 2.24) is 0 Å². The minimum Gasteiger partial charge on any atom is -0.507 e. The van der Waals surface area contributed by atoms with Crippen molar-refractivity contribution in [2.45, 2.75) is 324 Å². The highest BCUT2D eigenvalue weighted by atomic mass is 16.5. The fourth-order valence-electron chi connectivity index (χ4n) is 12.4. The number of ether oxygens (including phenoxy) is 4. The molecule has 0 saturated carbocycles. The van der Waals surface area contributed by atoms with Gasteiger partial charge in [0.2, 0.25) is 0 Å². The lowest BCUT2D eigenvalue weighted by Gasteiger charge is -2.22. The van der Waals surface area contributed by atoms with Gasteiger partial charge >= 0.3 is 0 Å². The highest BCUT2D eigenvalue weighted by Crippen LogP contribution is 2.42. The van der Waals surface area contributed by atoms with E-state index in [0.717, 1.165) is 87.7 Å². The number of aliphatic imine (C=N–C) groups is 2. The number of phenolic OH excluding ortho intramolecular Hbond substituents is 2. The number of nitrogens with zero attached hydrogens (tertiary/aromatic N) is 2. The van der Waals surface area contributed by atoms with E-state index in [0.29, 0.717) is 83.4 Å². The molecule has 8 heteroatoms. The Balaban J connectivity index is 1.61. The average Bonchev–Trinajstić information content (AvgIpc) is 0.884. The third kappa shape index (κ3) is 36.9. The topological polar surface area (TPSA) is 102 Å². The second-order valence-electron chi connectivity index (χ2n) is 27.1. The Bertz CT molecular complexity index is 2730. The molecule has 8 nitrogen and oxygen atoms in total. The normalized spacial score (nSPS) is 12.1. The standard InChI is InChI=1S/C86H132N2O6/c1-8-15-21-25-27-29-31-33-35-37-39-41-43-47-61-91-79-58-60-84(92-62-48-44-42-40-38-36-34-32-30-28-26-22-16-9-2)76(65-79)56-54-73-55-59-82(89)78(63-73)69-88-81-67-86(94-71-75(50-20-13-6)52-46-24-18-11-4)85(93-70-74(49-19-12-5)51-45-23-17-10-3)66-80(81)87-68-77-57-53-72(14-7)64-83(77)90/h7,53,55,57-60,63-69,74-75,89-90H,8-13,15-52,61-62,70-71H2,1-6H3. The highest BCUT2D eigenvalue weighted by Gasteiger charge is 2.19. The largest absolute Gasteiger partial charge is 0.507 e. The van der Waals surface area contributed by atoms with Gasteiger partial charge in [0.15, 0.2) is 11.5 Å². The zero-order valence-corrected chi connectivity index (χ0v) is 60.6. The molecule has 0 aliphatic rings. The van der Waals surface area contributed by atoms with E-state index >= 15 is 0 Å². The number of terminal acetylenes is 1. The van der Waals surface area contributed by atoms with Gasteiger partial charge in [-0.1, -0.05) is 303 Å². The van der Waals surface area contributed by atoms with Crippen LogP contribution in [0.4, 0.5) is 11.4 Å². The molecule has 0 heterocycles. The molecule has 2 unspecified atom stereocenters. The fraction of sp³-hybridized carbons (Fsp3) is 0.651. The maximum Gasteiger partial charge on any atom is 0.163 e. The van der Waals surface area contributed by atoms with E-state index < -0.39 is 0 Å². The van der Waals surface area contributed by atoms with E-state index in [1.807, 2.05) is 42.5 Å². The molecule has 2 N–H and O–H groups in total. The predicted octanol–water partition coefficient (Wildman–Crippen LogP) is 26.0. The lowest BCUT2D eigenvalue weighted by molar-refractivity contribution is 0.193. The van der Waals surface area contributed by atoms with Gasteiger partial charge < -0.3 is 29.2 Å². The van der Waals surface area contributed by atoms with Crippen LogP contribution in [0.3, 0.4) is 0 Å². The van der Waals surface area contributed by atoms with Crippen molar-refractivity contribution >= 4 is 23.8 Å². The molecule has 4 rings (SSSR count). The number of rotatable bonds is 58. The van der Waals surface area contributed by atoms with Gasteiger partial charge in [0, 0.05) is 46.8 Å². The molecule has 0 spiro atoms. The van der Waals surface area contributed by atoms with E-state index in [2.05, 4.69) is 59.3 Å². The SMILES string of the molecule is C#Cc1ccc(C=Nc2cc(OCC(CCCC)CCCCCC)c(OCC(CCCC)CCCCCC)cc2N=Cc2cc(C#Cc3cc(OCCCCCCCCCCCCCCCC)ccc3OCCCCCCCCCCCCCCCC)ccc2O)c(O)c1. The first-order valence-electron chi connectivity index (χ1n) is 38.8. The number of phenols is 2. The molecule has 0 amide bonds. The van der Waals surface area contributed by atoms with Gasteiger partial charge in [-0.2, -0.15) is 0 Å². The van der Waals surface area contributed by atoms with Crippen LogP contribution in [0.15, 0.2) is 76.7 Å². The number of benzene rings is 4. The van der Waals surface area contributed by atoms with Crippen molar-refractivity contribution in [2.24, 2.45) is 21.8 Å². The number of unbranched alkanes of at least 4 members (excludes halogenated alkanes) is 34. The van der Waals surface area contributed by atoms with Gasteiger partial charge in [-0.3, -0.25) is 9.98 Å². The first kappa shape index (κ1) is 80.6. The molecule has 0 aromatic heterocycles. The van der Waals surface area contributed by atoms with Crippen LogP contribution in [-0.2, 0) is 0 Å². The van der Waals surface area contributed by atoms with Gasteiger partial charge in [0.25, 0.3) is 0 Å². The summed E-state index contributed by atoms with van der Waals surface area (Å²) in [6.07, 6.45) is 64.7. The van der Waals surface area contributed by atoms with Crippen LogP contribution < -0.4 is 18.9 Å². The monoisotopic (exact) mass is 1290 g/mol. The molecule has 0 bridgehead atoms. The fourth-order valence-corrected chi connectivity index (χ4v) is 12.4. The van der Waals surface area contributed by atoms with Gasteiger partial charge in [0.1, 0.15) is 23.0 Å². The lowest BCUT2D eigenvalue weighted by Crippen LogP contribution is -2.15. The predicted molar refractivity (Wildman–Crippen MR) is 404 cm³/mol. The first-order chi connectivity index (χ1) is 46.2. The summed E-state index contributed by atoms with van der Waals surface area (Å²) in [5.74, 6) is 13.2. The van der Waals surface area contributed by atoms with E-state index in [1.54, 1.807) is 36.7 Å². The van der Waals surface area contributed by atoms with Crippen LogP contribution in [0.25, 0.3) is 0 Å². The minimum absolute atomic E-state index is 0.0330. The summed E-state index contributed by atoms with van der Waals surface area (Å²) in [5.41, 5.74) is 4.13. The van der Waals surface area contributed by atoms with Crippen molar-refractivity contribution in [3.8, 4) is 58.7 Å². The van der Waals surface area contributed by atoms with Crippen LogP contribution in [0.1, 0.15) is 352 Å². The maximum absolute atomic E-state index is 11.5. The molecule has 522 valence electrons. The van der Waals surface area contributed by atoms with Crippen molar-refractivity contribution in [3.63, 3.8) is 0 Å². The third-order valence-corrected chi connectivity index (χ3v) is 18.6. The number of hydrogen-bond acceptors (Lipinski definition) is 8. The molecular formula is C86H132N2O6. The van der Waals surface area contributed by atoms with Crippen LogP contribution in [0.5, 0.6) is 34.5 Å². The van der Waals surface area contributed by atoms with E-state index in [9.17, 15) is 10.2 Å². The quantitative estimate of drug-likeness (QED) is 0.0259. The molecule has 2 atom stereocenters. The van der Waals surface area contributed by atoms with Crippen LogP contribution >= 0.6 is 0 Å². The van der Waals surface area contributed by atoms with Crippen molar-refractivity contribution in [3.05, 3.63) is 94.5 Å². The summed E-state index contributed by atoms with van der Waals surface area (Å²) in [6.45, 7) is 16.1. The summed E-state index contributed by atoms with van der Waals surface area (Å²) in [7, 11) is 0. The Morgan fingerprint density at radius 3 is 1.21 bits per heavy atom. The molecule has 4 aromatic rings. The highest BCUT2D eigenvalue weighted by molar-refractivity contribution is 5.90. The summed E-state index contributed by atoms with van der Waals surface area (Å²) in [5, 5.41) is 22.5. The van der Waals surface area contributed by atoms with Crippen LogP contribution in [0, 0.1) is 36.0 Å². The zero-order valence-electron chi connectivity index (χ0n) is 60.6. The van der Waals surface area contributed by atoms with Gasteiger partial charge in [-0.25, -0.2) is 0 Å². The molecule has 4 aromatic carbocycles. The summed E-state index contributed by atoms with van der Waals surface area (Å²) >= 11 is 0. The van der Waals surface area contributed by atoms with Crippen LogP contribution in [-0.4, -0.2) is 49.1 Å². The molecule has 94 heavy (non-hydrogen) atoms. The molecule has 0 saturated heterocycles. The first-order valence-corrected chi connectivity index (χ1v) is 38.8. The lowest BCUT2D eigenvalue weighted by atomic mass is 9.96. The Hall–Kier alpha value is -5.86. The van der Waals surface area contributed by atoms with E-state index in [1.165, 1.54) is 212 Å². The molecule has 0 aliphatic heterocycles. The van der Waals surface area contributed by atoms with E-state index in [4.69, 9.17) is 35.4 Å². The summed E-state index contributed by atoms with van der Waals surface area (Å²) < 4.78 is 26.7. The zero-order chi connectivity index (χ0) is 67.2. The van der Waals surface area contributed by atoms with Gasteiger partial charge in [-0.15, -0.1) is 6.42 Å². The minimum atomic E-state index is 0.0330.